The van der Waals surface area contributed by atoms with Crippen molar-refractivity contribution in [2.75, 3.05) is 6.54 Å². The quantitative estimate of drug-likeness (QED) is 0.715. The summed E-state index contributed by atoms with van der Waals surface area (Å²) in [7, 11) is 0. The van der Waals surface area contributed by atoms with Crippen LogP contribution in [-0.2, 0) is 4.79 Å². The van der Waals surface area contributed by atoms with Crippen LogP contribution in [0.4, 0.5) is 0 Å². The molecule has 1 fully saturated rings. The molecule has 1 atom stereocenters. The van der Waals surface area contributed by atoms with E-state index in [1.165, 1.54) is 0 Å². The molecule has 8 nitrogen and oxygen atoms in total. The summed E-state index contributed by atoms with van der Waals surface area (Å²) < 4.78 is 1.66. The number of rotatable bonds is 5. The first-order valence-corrected chi connectivity index (χ1v) is 9.85. The Morgan fingerprint density at radius 2 is 2.10 bits per heavy atom. The number of likely N-dealkylation sites (tertiary alicyclic amines) is 1. The predicted octanol–water partition coefficient (Wildman–Crippen LogP) is 2.98. The summed E-state index contributed by atoms with van der Waals surface area (Å²) in [5, 5.41) is 18.4. The van der Waals surface area contributed by atoms with E-state index in [0.29, 0.717) is 24.4 Å². The molecule has 3 aromatic rings. The maximum atomic E-state index is 13.2. The van der Waals surface area contributed by atoms with Gasteiger partial charge < -0.3 is 10.0 Å². The normalized spacial score (nSPS) is 16.9. The zero-order chi connectivity index (χ0) is 20.4. The number of fused-ring (bicyclic) bond motifs is 1. The highest BCUT2D eigenvalue weighted by Crippen LogP contribution is 2.24. The number of amides is 1. The summed E-state index contributed by atoms with van der Waals surface area (Å²) >= 11 is 0. The summed E-state index contributed by atoms with van der Waals surface area (Å²) in [5.41, 5.74) is 2.69. The van der Waals surface area contributed by atoms with Crippen LogP contribution < -0.4 is 0 Å². The van der Waals surface area contributed by atoms with E-state index in [2.05, 4.69) is 15.3 Å². The minimum Gasteiger partial charge on any atom is -0.481 e. The highest BCUT2D eigenvalue weighted by atomic mass is 16.4. The lowest BCUT2D eigenvalue weighted by Crippen LogP contribution is -2.44. The Balaban J connectivity index is 1.61. The van der Waals surface area contributed by atoms with Crippen LogP contribution in [0, 0.1) is 6.92 Å². The van der Waals surface area contributed by atoms with Crippen molar-refractivity contribution in [3.05, 3.63) is 47.9 Å². The Hall–Kier alpha value is -3.29. The van der Waals surface area contributed by atoms with Crippen molar-refractivity contribution in [2.45, 2.75) is 45.1 Å². The van der Waals surface area contributed by atoms with Gasteiger partial charge in [0.05, 0.1) is 16.9 Å². The van der Waals surface area contributed by atoms with Crippen molar-refractivity contribution in [1.82, 2.24) is 24.9 Å². The van der Waals surface area contributed by atoms with E-state index in [1.807, 2.05) is 37.3 Å². The molecule has 1 amide bonds. The van der Waals surface area contributed by atoms with Gasteiger partial charge in [0.15, 0.2) is 5.69 Å². The molecule has 0 aliphatic carbocycles. The number of carboxylic acids is 1. The van der Waals surface area contributed by atoms with Gasteiger partial charge in [-0.1, -0.05) is 11.3 Å². The highest BCUT2D eigenvalue weighted by molar-refractivity contribution is 5.93. The molecule has 2 aromatic heterocycles. The van der Waals surface area contributed by atoms with Crippen molar-refractivity contribution < 1.29 is 14.7 Å². The van der Waals surface area contributed by atoms with Crippen LogP contribution in [0.25, 0.3) is 16.6 Å². The number of carbonyl (C=O) groups is 2. The van der Waals surface area contributed by atoms with Crippen molar-refractivity contribution in [3.8, 4) is 5.69 Å². The van der Waals surface area contributed by atoms with E-state index in [9.17, 15) is 9.59 Å². The number of pyridine rings is 1. The molecule has 0 bridgehead atoms. The number of hydrogen-bond acceptors (Lipinski definition) is 5. The lowest BCUT2D eigenvalue weighted by molar-refractivity contribution is -0.137. The molecule has 8 heteroatoms. The first-order chi connectivity index (χ1) is 14.0. The predicted molar refractivity (Wildman–Crippen MR) is 107 cm³/mol. The third kappa shape index (κ3) is 3.83. The number of hydrogen-bond donors (Lipinski definition) is 1. The van der Waals surface area contributed by atoms with Crippen LogP contribution in [0.1, 0.15) is 48.3 Å². The van der Waals surface area contributed by atoms with Crippen LogP contribution in [0.2, 0.25) is 0 Å². The summed E-state index contributed by atoms with van der Waals surface area (Å²) in [5.74, 6) is -1.01. The number of nitrogens with zero attached hydrogens (tertiary/aromatic N) is 5. The molecule has 0 radical (unpaired) electrons. The Morgan fingerprint density at radius 3 is 2.93 bits per heavy atom. The third-order valence-electron chi connectivity index (χ3n) is 5.51. The average Bonchev–Trinajstić information content (AvgIpc) is 3.13. The molecule has 3 heterocycles. The maximum absolute atomic E-state index is 13.2. The second-order valence-corrected chi connectivity index (χ2v) is 7.40. The number of aliphatic carboxylic acids is 1. The van der Waals surface area contributed by atoms with Crippen LogP contribution in [0.3, 0.4) is 0 Å². The van der Waals surface area contributed by atoms with Crippen molar-refractivity contribution in [3.63, 3.8) is 0 Å². The minimum absolute atomic E-state index is 0.0608. The number of piperidine rings is 1. The molecule has 1 aliphatic rings. The fourth-order valence-corrected chi connectivity index (χ4v) is 3.96. The summed E-state index contributed by atoms with van der Waals surface area (Å²) in [4.78, 5) is 30.2. The second kappa shape index (κ2) is 7.98. The van der Waals surface area contributed by atoms with E-state index < -0.39 is 5.97 Å². The van der Waals surface area contributed by atoms with Crippen LogP contribution >= 0.6 is 0 Å². The summed E-state index contributed by atoms with van der Waals surface area (Å²) in [6.45, 7) is 2.45. The number of carboxylic acid groups (broad SMARTS) is 1. The zero-order valence-electron chi connectivity index (χ0n) is 16.3. The van der Waals surface area contributed by atoms with Crippen molar-refractivity contribution >= 4 is 22.8 Å². The number of carbonyl (C=O) groups excluding carboxylic acids is 1. The van der Waals surface area contributed by atoms with E-state index in [0.717, 1.165) is 35.9 Å². The topological polar surface area (TPSA) is 101 Å². The van der Waals surface area contributed by atoms with Gasteiger partial charge in [0.2, 0.25) is 0 Å². The van der Waals surface area contributed by atoms with Gasteiger partial charge in [0, 0.05) is 30.6 Å². The zero-order valence-corrected chi connectivity index (χ0v) is 16.3. The summed E-state index contributed by atoms with van der Waals surface area (Å²) in [6.07, 6.45) is 5.02. The first kappa shape index (κ1) is 19.0. The standard InChI is InChI=1S/C21H23N5O3/c1-14-20(21(29)25-12-3-2-6-16(25)8-10-19(27)28)23-24-26(14)17-7-9-18-15(13-17)5-4-11-22-18/h4-5,7,9,11,13,16H,2-3,6,8,10,12H2,1H3,(H,27,28). The summed E-state index contributed by atoms with van der Waals surface area (Å²) in [6, 6.07) is 9.58. The smallest absolute Gasteiger partial charge is 0.303 e. The van der Waals surface area contributed by atoms with Gasteiger partial charge in [-0.25, -0.2) is 4.68 Å². The molecule has 0 spiro atoms. The molecular formula is C21H23N5O3. The molecule has 1 aliphatic heterocycles. The lowest BCUT2D eigenvalue weighted by Gasteiger charge is -2.35. The Labute approximate surface area is 168 Å². The third-order valence-corrected chi connectivity index (χ3v) is 5.51. The van der Waals surface area contributed by atoms with Crippen molar-refractivity contribution in [2.24, 2.45) is 0 Å². The van der Waals surface area contributed by atoms with Gasteiger partial charge in [0.25, 0.3) is 5.91 Å². The van der Waals surface area contributed by atoms with Gasteiger partial charge in [0.1, 0.15) is 0 Å². The highest BCUT2D eigenvalue weighted by Gasteiger charge is 2.31. The van der Waals surface area contributed by atoms with Crippen LogP contribution in [-0.4, -0.2) is 54.4 Å². The lowest BCUT2D eigenvalue weighted by atomic mass is 9.97. The maximum Gasteiger partial charge on any atom is 0.303 e. The molecule has 150 valence electrons. The minimum atomic E-state index is -0.837. The van der Waals surface area contributed by atoms with Gasteiger partial charge in [-0.3, -0.25) is 14.6 Å². The monoisotopic (exact) mass is 393 g/mol. The van der Waals surface area contributed by atoms with E-state index in [-0.39, 0.29) is 18.4 Å². The average molecular weight is 393 g/mol. The number of aromatic nitrogens is 4. The molecule has 1 N–H and O–H groups in total. The van der Waals surface area contributed by atoms with Crippen LogP contribution in [0.15, 0.2) is 36.5 Å². The van der Waals surface area contributed by atoms with Gasteiger partial charge in [-0.15, -0.1) is 5.10 Å². The molecular weight excluding hydrogens is 370 g/mol. The molecule has 4 rings (SSSR count). The van der Waals surface area contributed by atoms with E-state index in [1.54, 1.807) is 15.8 Å². The first-order valence-electron chi connectivity index (χ1n) is 9.85. The molecule has 1 saturated heterocycles. The van der Waals surface area contributed by atoms with Gasteiger partial charge in [-0.2, -0.15) is 0 Å². The molecule has 1 aromatic carbocycles. The Kier molecular flexibility index (Phi) is 5.24. The fraction of sp³-hybridized carbons (Fsp3) is 0.381. The van der Waals surface area contributed by atoms with Crippen LogP contribution in [0.5, 0.6) is 0 Å². The Morgan fingerprint density at radius 1 is 1.24 bits per heavy atom. The van der Waals surface area contributed by atoms with Crippen molar-refractivity contribution in [1.29, 1.82) is 0 Å². The molecule has 0 saturated carbocycles. The van der Waals surface area contributed by atoms with Gasteiger partial charge in [-0.05, 0) is 56.9 Å². The molecule has 1 unspecified atom stereocenters. The molecule has 29 heavy (non-hydrogen) atoms. The largest absolute Gasteiger partial charge is 0.481 e. The van der Waals surface area contributed by atoms with Gasteiger partial charge >= 0.3 is 5.97 Å². The van der Waals surface area contributed by atoms with E-state index in [4.69, 9.17) is 5.11 Å². The Bertz CT molecular complexity index is 1060. The SMILES string of the molecule is Cc1c(C(=O)N2CCCCC2CCC(=O)O)nnn1-c1ccc2ncccc2c1. The van der Waals surface area contributed by atoms with E-state index >= 15 is 0 Å². The number of benzene rings is 1. The second-order valence-electron chi connectivity index (χ2n) is 7.40. The fourth-order valence-electron chi connectivity index (χ4n) is 3.96.